The maximum Gasteiger partial charge on any atom is 0.460 e. The van der Waals surface area contributed by atoms with E-state index in [0.717, 1.165) is 0 Å². The predicted octanol–water partition coefficient (Wildman–Crippen LogP) is 3.51. The summed E-state index contributed by atoms with van der Waals surface area (Å²) in [6.07, 6.45) is -7.90. The Morgan fingerprint density at radius 3 is 1.59 bits per heavy atom. The van der Waals surface area contributed by atoms with Crippen molar-refractivity contribution in [1.29, 1.82) is 0 Å². The molecule has 132 valence electrons. The van der Waals surface area contributed by atoms with Crippen LogP contribution in [-0.4, -0.2) is 55.8 Å². The van der Waals surface area contributed by atoms with Crippen molar-refractivity contribution in [1.82, 2.24) is 0 Å². The highest BCUT2D eigenvalue weighted by molar-refractivity contribution is 5.06. The Hall–Kier alpha value is -0.850. The third-order valence-electron chi connectivity index (χ3n) is 2.59. The first-order valence-electron chi connectivity index (χ1n) is 5.35. The number of hydrogen-bond acceptors (Lipinski definition) is 2. The van der Waals surface area contributed by atoms with Crippen molar-refractivity contribution in [3.63, 3.8) is 0 Å². The topological polar surface area (TPSA) is 21.8 Å². The lowest BCUT2D eigenvalue weighted by Crippen LogP contribution is -2.67. The largest absolute Gasteiger partial charge is 0.460 e. The van der Waals surface area contributed by atoms with Crippen LogP contribution >= 0.6 is 0 Å². The summed E-state index contributed by atoms with van der Waals surface area (Å²) in [6, 6.07) is 0. The first-order valence-corrected chi connectivity index (χ1v) is 5.35. The Bertz CT molecular complexity index is 399. The van der Waals surface area contributed by atoms with E-state index in [0.29, 0.717) is 0 Å². The van der Waals surface area contributed by atoms with Crippen molar-refractivity contribution >= 4 is 0 Å². The van der Waals surface area contributed by atoms with Crippen molar-refractivity contribution in [2.24, 2.45) is 0 Å². The molecule has 0 spiro atoms. The summed E-state index contributed by atoms with van der Waals surface area (Å²) in [7, 11) is 0. The average Bonchev–Trinajstić information content (AvgIpc) is 3.10. The fourth-order valence-corrected chi connectivity index (χ4v) is 1.18. The van der Waals surface area contributed by atoms with E-state index < -0.39 is 49.2 Å². The zero-order chi connectivity index (χ0) is 17.6. The SMILES string of the molecule is FC(F)(F)C(F)(F)C(F)(F)C(F)(F)C(F)(F)COC[C@H]1CO1. The molecule has 13 heteroatoms. The van der Waals surface area contributed by atoms with Crippen LogP contribution in [0.2, 0.25) is 0 Å². The van der Waals surface area contributed by atoms with Crippen molar-refractivity contribution in [2.45, 2.75) is 36.0 Å². The molecule has 0 saturated carbocycles. The number of epoxide rings is 1. The fraction of sp³-hybridized carbons (Fsp3) is 1.00. The monoisotopic (exact) mass is 356 g/mol. The van der Waals surface area contributed by atoms with Gasteiger partial charge in [-0.15, -0.1) is 0 Å². The van der Waals surface area contributed by atoms with Crippen LogP contribution in [0.15, 0.2) is 0 Å². The Kier molecular flexibility index (Phi) is 4.67. The van der Waals surface area contributed by atoms with Crippen molar-refractivity contribution in [3.8, 4) is 0 Å². The maximum absolute atomic E-state index is 13.0. The zero-order valence-corrected chi connectivity index (χ0v) is 10.2. The molecule has 0 amide bonds. The highest BCUT2D eigenvalue weighted by Gasteiger charge is 2.87. The summed E-state index contributed by atoms with van der Waals surface area (Å²) in [4.78, 5) is 0. The highest BCUT2D eigenvalue weighted by atomic mass is 19.4. The minimum Gasteiger partial charge on any atom is -0.372 e. The van der Waals surface area contributed by atoms with Crippen molar-refractivity contribution in [2.75, 3.05) is 19.8 Å². The van der Waals surface area contributed by atoms with Gasteiger partial charge in [0.2, 0.25) is 0 Å². The molecule has 1 fully saturated rings. The van der Waals surface area contributed by atoms with Crippen LogP contribution in [0.25, 0.3) is 0 Å². The molecule has 1 rings (SSSR count). The normalized spacial score (nSPS) is 21.1. The first-order chi connectivity index (χ1) is 9.58. The van der Waals surface area contributed by atoms with Gasteiger partial charge in [-0.2, -0.15) is 48.3 Å². The number of rotatable bonds is 7. The van der Waals surface area contributed by atoms with E-state index in [-0.39, 0.29) is 6.61 Å². The molecular formula is C9H7F11O2. The first kappa shape index (κ1) is 19.2. The van der Waals surface area contributed by atoms with Crippen LogP contribution in [0.4, 0.5) is 48.3 Å². The van der Waals surface area contributed by atoms with Crippen LogP contribution in [0.1, 0.15) is 0 Å². The molecular weight excluding hydrogens is 349 g/mol. The Balaban J connectivity index is 2.96. The van der Waals surface area contributed by atoms with E-state index in [1.54, 1.807) is 0 Å². The van der Waals surface area contributed by atoms with Gasteiger partial charge < -0.3 is 9.47 Å². The van der Waals surface area contributed by atoms with Gasteiger partial charge in [0.1, 0.15) is 12.7 Å². The minimum atomic E-state index is -7.39. The summed E-state index contributed by atoms with van der Waals surface area (Å²) in [5.41, 5.74) is 0. The van der Waals surface area contributed by atoms with E-state index in [1.165, 1.54) is 0 Å². The smallest absolute Gasteiger partial charge is 0.372 e. The standard InChI is InChI=1S/C9H7F11O2/c10-5(11,3-21-1-4-2-22-4)6(12,13)7(14,15)8(16,17)9(18,19)20/h4H,1-3H2/t4-/m0/s1. The van der Waals surface area contributed by atoms with Gasteiger partial charge in [0.25, 0.3) is 0 Å². The molecule has 1 saturated heterocycles. The average molecular weight is 356 g/mol. The van der Waals surface area contributed by atoms with E-state index in [2.05, 4.69) is 9.47 Å². The Morgan fingerprint density at radius 2 is 1.23 bits per heavy atom. The van der Waals surface area contributed by atoms with Gasteiger partial charge in [-0.25, -0.2) is 0 Å². The lowest BCUT2D eigenvalue weighted by molar-refractivity contribution is -0.424. The number of hydrogen-bond donors (Lipinski definition) is 0. The molecule has 0 radical (unpaired) electrons. The third-order valence-corrected chi connectivity index (χ3v) is 2.59. The van der Waals surface area contributed by atoms with Crippen molar-refractivity contribution in [3.05, 3.63) is 0 Å². The second kappa shape index (κ2) is 5.35. The molecule has 0 unspecified atom stereocenters. The molecule has 0 aromatic heterocycles. The molecule has 0 aromatic carbocycles. The van der Waals surface area contributed by atoms with Gasteiger partial charge in [0.05, 0.1) is 13.2 Å². The minimum absolute atomic E-state index is 0.0181. The van der Waals surface area contributed by atoms with Crippen LogP contribution in [0, 0.1) is 0 Å². The van der Waals surface area contributed by atoms with Gasteiger partial charge >= 0.3 is 29.9 Å². The highest BCUT2D eigenvalue weighted by Crippen LogP contribution is 2.57. The molecule has 1 aliphatic rings. The molecule has 0 bridgehead atoms. The number of halogens is 11. The second-order valence-corrected chi connectivity index (χ2v) is 4.40. The van der Waals surface area contributed by atoms with Gasteiger partial charge in [-0.05, 0) is 0 Å². The molecule has 22 heavy (non-hydrogen) atoms. The number of ether oxygens (including phenoxy) is 2. The van der Waals surface area contributed by atoms with Crippen LogP contribution in [-0.2, 0) is 9.47 Å². The fourth-order valence-electron chi connectivity index (χ4n) is 1.18. The summed E-state index contributed by atoms with van der Waals surface area (Å²) in [5.74, 6) is -27.7. The van der Waals surface area contributed by atoms with Crippen LogP contribution in [0.3, 0.4) is 0 Å². The van der Waals surface area contributed by atoms with E-state index >= 15 is 0 Å². The summed E-state index contributed by atoms with van der Waals surface area (Å²) in [5, 5.41) is 0. The molecule has 0 aromatic rings. The van der Waals surface area contributed by atoms with E-state index in [1.807, 2.05) is 0 Å². The van der Waals surface area contributed by atoms with E-state index in [9.17, 15) is 48.3 Å². The second-order valence-electron chi connectivity index (χ2n) is 4.40. The molecule has 2 nitrogen and oxygen atoms in total. The van der Waals surface area contributed by atoms with Crippen LogP contribution in [0.5, 0.6) is 0 Å². The van der Waals surface area contributed by atoms with Gasteiger partial charge in [0, 0.05) is 0 Å². The van der Waals surface area contributed by atoms with E-state index in [4.69, 9.17) is 0 Å². The number of alkyl halides is 11. The molecule has 0 N–H and O–H groups in total. The Labute approximate surface area is 115 Å². The summed E-state index contributed by atoms with van der Waals surface area (Å²) < 4.78 is 146. The lowest BCUT2D eigenvalue weighted by Gasteiger charge is -2.37. The maximum atomic E-state index is 13.0. The van der Waals surface area contributed by atoms with Crippen LogP contribution < -0.4 is 0 Å². The quantitative estimate of drug-likeness (QED) is 0.515. The van der Waals surface area contributed by atoms with Gasteiger partial charge in [-0.1, -0.05) is 0 Å². The summed E-state index contributed by atoms with van der Waals surface area (Å²) in [6.45, 7) is -3.19. The Morgan fingerprint density at radius 1 is 0.773 bits per heavy atom. The molecule has 1 heterocycles. The lowest BCUT2D eigenvalue weighted by atomic mass is 9.98. The molecule has 1 aliphatic heterocycles. The summed E-state index contributed by atoms with van der Waals surface area (Å²) >= 11 is 0. The third kappa shape index (κ3) is 3.09. The van der Waals surface area contributed by atoms with Crippen molar-refractivity contribution < 1.29 is 57.8 Å². The van der Waals surface area contributed by atoms with Gasteiger partial charge in [-0.3, -0.25) is 0 Å². The van der Waals surface area contributed by atoms with Gasteiger partial charge in [0.15, 0.2) is 0 Å². The predicted molar refractivity (Wildman–Crippen MR) is 46.4 cm³/mol. The zero-order valence-electron chi connectivity index (χ0n) is 10.2. The molecule has 0 aliphatic carbocycles. The molecule has 1 atom stereocenters.